The average molecular weight is 471 g/mol. The number of aryl methyl sites for hydroxylation is 3. The molecular weight excluding hydrogens is 441 g/mol. The van der Waals surface area contributed by atoms with Crippen LogP contribution >= 0.6 is 0 Å². The van der Waals surface area contributed by atoms with Crippen LogP contribution in [0.4, 0.5) is 13.2 Å². The van der Waals surface area contributed by atoms with Crippen LogP contribution in [0.1, 0.15) is 53.4 Å². The maximum Gasteiger partial charge on any atom is 0.417 e. The van der Waals surface area contributed by atoms with E-state index >= 15 is 0 Å². The number of amides is 1. The topological polar surface area (TPSA) is 51.0 Å². The van der Waals surface area contributed by atoms with Crippen LogP contribution in [0.3, 0.4) is 0 Å². The molecule has 34 heavy (non-hydrogen) atoms. The maximum absolute atomic E-state index is 13.8. The molecule has 5 nitrogen and oxygen atoms in total. The lowest BCUT2D eigenvalue weighted by Crippen LogP contribution is -2.48. The summed E-state index contributed by atoms with van der Waals surface area (Å²) in [6.45, 7) is 4.77. The van der Waals surface area contributed by atoms with Crippen molar-refractivity contribution >= 4 is 5.91 Å². The summed E-state index contributed by atoms with van der Waals surface area (Å²) >= 11 is 0. The van der Waals surface area contributed by atoms with Gasteiger partial charge in [0.05, 0.1) is 11.8 Å². The third kappa shape index (κ3) is 5.16. The molecule has 180 valence electrons. The molecule has 2 atom stereocenters. The SMILES string of the molecule is Cc1ccc(-c2cnn(C)c2)c(C(=O)N2CCC[C@@H](C)[C@H]2CCc2ccc(C(F)(F)F)cn2)c1. The number of carbonyl (C=O) groups is 1. The first-order valence-electron chi connectivity index (χ1n) is 11.6. The normalized spacial score (nSPS) is 18.8. The van der Waals surface area contributed by atoms with Crippen molar-refractivity contribution in [3.05, 3.63) is 71.3 Å². The third-order valence-corrected chi connectivity index (χ3v) is 6.65. The fourth-order valence-corrected chi connectivity index (χ4v) is 4.78. The number of pyridine rings is 1. The van der Waals surface area contributed by atoms with E-state index in [0.717, 1.165) is 41.8 Å². The molecule has 0 radical (unpaired) electrons. The molecule has 0 spiro atoms. The number of benzene rings is 1. The minimum absolute atomic E-state index is 0.00685. The number of hydrogen-bond acceptors (Lipinski definition) is 3. The Labute approximate surface area is 197 Å². The second-order valence-corrected chi connectivity index (χ2v) is 9.21. The zero-order valence-electron chi connectivity index (χ0n) is 19.6. The van der Waals surface area contributed by atoms with Gasteiger partial charge < -0.3 is 4.90 Å². The smallest absolute Gasteiger partial charge is 0.335 e. The quantitative estimate of drug-likeness (QED) is 0.482. The van der Waals surface area contributed by atoms with Crippen LogP contribution in [0.15, 0.2) is 48.9 Å². The first kappa shape index (κ1) is 24.0. The monoisotopic (exact) mass is 470 g/mol. The lowest BCUT2D eigenvalue weighted by atomic mass is 9.86. The van der Waals surface area contributed by atoms with E-state index in [1.165, 1.54) is 6.07 Å². The Morgan fingerprint density at radius 2 is 1.97 bits per heavy atom. The molecule has 3 heterocycles. The van der Waals surface area contributed by atoms with Crippen LogP contribution in [0.2, 0.25) is 0 Å². The van der Waals surface area contributed by atoms with Crippen molar-refractivity contribution < 1.29 is 18.0 Å². The minimum atomic E-state index is -4.40. The Hall–Kier alpha value is -3.16. The number of piperidine rings is 1. The highest BCUT2D eigenvalue weighted by Gasteiger charge is 2.34. The van der Waals surface area contributed by atoms with Crippen molar-refractivity contribution in [1.29, 1.82) is 0 Å². The zero-order chi connectivity index (χ0) is 24.5. The van der Waals surface area contributed by atoms with Gasteiger partial charge in [0.1, 0.15) is 0 Å². The van der Waals surface area contributed by atoms with E-state index in [4.69, 9.17) is 0 Å². The summed E-state index contributed by atoms with van der Waals surface area (Å²) in [5.41, 5.74) is 3.25. The summed E-state index contributed by atoms with van der Waals surface area (Å²) in [5, 5.41) is 4.25. The summed E-state index contributed by atoms with van der Waals surface area (Å²) in [6, 6.07) is 8.39. The molecule has 0 aliphatic carbocycles. The molecule has 4 rings (SSSR count). The summed E-state index contributed by atoms with van der Waals surface area (Å²) in [5.74, 6) is 0.276. The molecule has 1 aliphatic heterocycles. The Morgan fingerprint density at radius 1 is 1.18 bits per heavy atom. The lowest BCUT2D eigenvalue weighted by Gasteiger charge is -2.40. The highest BCUT2D eigenvalue weighted by molar-refractivity contribution is 6.01. The van der Waals surface area contributed by atoms with Crippen molar-refractivity contribution in [2.24, 2.45) is 13.0 Å². The Kier molecular flexibility index (Phi) is 6.77. The molecule has 1 aliphatic rings. The van der Waals surface area contributed by atoms with Gasteiger partial charge in [-0.2, -0.15) is 18.3 Å². The van der Waals surface area contributed by atoms with E-state index in [-0.39, 0.29) is 11.9 Å². The van der Waals surface area contributed by atoms with Crippen LogP contribution in [0, 0.1) is 12.8 Å². The van der Waals surface area contributed by atoms with E-state index in [0.29, 0.717) is 36.6 Å². The van der Waals surface area contributed by atoms with Gasteiger partial charge in [-0.25, -0.2) is 0 Å². The number of aromatic nitrogens is 3. The molecule has 0 unspecified atom stereocenters. The second kappa shape index (κ2) is 9.60. The number of hydrogen-bond donors (Lipinski definition) is 0. The number of likely N-dealkylation sites (tertiary alicyclic amines) is 1. The van der Waals surface area contributed by atoms with Crippen molar-refractivity contribution in [2.75, 3.05) is 6.54 Å². The number of carbonyl (C=O) groups excluding carboxylic acids is 1. The van der Waals surface area contributed by atoms with Crippen LogP contribution < -0.4 is 0 Å². The van der Waals surface area contributed by atoms with Gasteiger partial charge in [-0.15, -0.1) is 0 Å². The van der Waals surface area contributed by atoms with Crippen molar-refractivity contribution in [3.8, 4) is 11.1 Å². The number of halogens is 3. The van der Waals surface area contributed by atoms with Gasteiger partial charge in [0.15, 0.2) is 0 Å². The van der Waals surface area contributed by atoms with Crippen molar-refractivity contribution in [2.45, 2.75) is 51.7 Å². The Morgan fingerprint density at radius 3 is 2.62 bits per heavy atom. The van der Waals surface area contributed by atoms with Gasteiger partial charge in [0, 0.05) is 48.8 Å². The number of rotatable bonds is 5. The molecule has 0 saturated carbocycles. The minimum Gasteiger partial charge on any atom is -0.335 e. The van der Waals surface area contributed by atoms with Crippen LogP contribution in [0.25, 0.3) is 11.1 Å². The molecular formula is C26H29F3N4O. The fraction of sp³-hybridized carbons (Fsp3) is 0.423. The highest BCUT2D eigenvalue weighted by Crippen LogP contribution is 2.32. The van der Waals surface area contributed by atoms with E-state index in [1.807, 2.05) is 43.3 Å². The zero-order valence-corrected chi connectivity index (χ0v) is 19.6. The lowest BCUT2D eigenvalue weighted by molar-refractivity contribution is -0.137. The predicted octanol–water partition coefficient (Wildman–Crippen LogP) is 5.68. The molecule has 2 aromatic heterocycles. The standard InChI is InChI=1S/C26H29F3N4O/c1-17-6-10-22(19-14-31-32(3)16-19)23(13-17)25(34)33-12-4-5-18(2)24(33)11-9-21-8-7-20(15-30-21)26(27,28)29/h6-8,10,13-16,18,24H,4-5,9,11-12H2,1-3H3/t18-,24-/m1/s1. The average Bonchev–Trinajstić information content (AvgIpc) is 3.23. The van der Waals surface area contributed by atoms with Gasteiger partial charge in [0.25, 0.3) is 5.91 Å². The number of alkyl halides is 3. The highest BCUT2D eigenvalue weighted by atomic mass is 19.4. The van der Waals surface area contributed by atoms with E-state index in [1.54, 1.807) is 10.9 Å². The number of nitrogens with zero attached hydrogens (tertiary/aromatic N) is 4. The first-order chi connectivity index (χ1) is 16.1. The van der Waals surface area contributed by atoms with Gasteiger partial charge >= 0.3 is 6.18 Å². The molecule has 1 amide bonds. The van der Waals surface area contributed by atoms with Gasteiger partial charge in [-0.05, 0) is 62.3 Å². The van der Waals surface area contributed by atoms with Gasteiger partial charge in [-0.3, -0.25) is 14.5 Å². The fourth-order valence-electron chi connectivity index (χ4n) is 4.78. The molecule has 8 heteroatoms. The third-order valence-electron chi connectivity index (χ3n) is 6.65. The van der Waals surface area contributed by atoms with Gasteiger partial charge in [0.2, 0.25) is 0 Å². The maximum atomic E-state index is 13.8. The van der Waals surface area contributed by atoms with E-state index in [9.17, 15) is 18.0 Å². The molecule has 1 fully saturated rings. The molecule has 0 N–H and O–H groups in total. The molecule has 1 saturated heterocycles. The van der Waals surface area contributed by atoms with E-state index < -0.39 is 11.7 Å². The predicted molar refractivity (Wildman–Crippen MR) is 124 cm³/mol. The van der Waals surface area contributed by atoms with Gasteiger partial charge in [-0.1, -0.05) is 24.6 Å². The van der Waals surface area contributed by atoms with Crippen LogP contribution in [-0.4, -0.2) is 38.2 Å². The molecule has 3 aromatic rings. The summed E-state index contributed by atoms with van der Waals surface area (Å²) in [6.07, 6.45) is 3.25. The molecule has 1 aromatic carbocycles. The largest absolute Gasteiger partial charge is 0.417 e. The molecule has 0 bridgehead atoms. The van der Waals surface area contributed by atoms with E-state index in [2.05, 4.69) is 17.0 Å². The second-order valence-electron chi connectivity index (χ2n) is 9.21. The summed E-state index contributed by atoms with van der Waals surface area (Å²) in [4.78, 5) is 19.8. The Balaban J connectivity index is 1.57. The first-order valence-corrected chi connectivity index (χ1v) is 11.6. The van der Waals surface area contributed by atoms with Crippen LogP contribution in [0.5, 0.6) is 0 Å². The summed E-state index contributed by atoms with van der Waals surface area (Å²) in [7, 11) is 1.84. The Bertz CT molecular complexity index is 1150. The summed E-state index contributed by atoms with van der Waals surface area (Å²) < 4.78 is 40.2. The van der Waals surface area contributed by atoms with Crippen LogP contribution in [-0.2, 0) is 19.6 Å². The van der Waals surface area contributed by atoms with Crippen molar-refractivity contribution in [1.82, 2.24) is 19.7 Å². The van der Waals surface area contributed by atoms with Crippen molar-refractivity contribution in [3.63, 3.8) is 0 Å².